The third-order valence-electron chi connectivity index (χ3n) is 7.53. The van der Waals surface area contributed by atoms with Crippen molar-refractivity contribution in [3.8, 4) is 0 Å². The number of hydrogen-bond acceptors (Lipinski definition) is 4. The molecule has 5 nitrogen and oxygen atoms in total. The molecule has 1 spiro atoms. The summed E-state index contributed by atoms with van der Waals surface area (Å²) in [4.78, 5) is 20.4. The van der Waals surface area contributed by atoms with Gasteiger partial charge in [-0.15, -0.1) is 0 Å². The Hall–Kier alpha value is -2.44. The van der Waals surface area contributed by atoms with Gasteiger partial charge in [0.15, 0.2) is 0 Å². The van der Waals surface area contributed by atoms with E-state index < -0.39 is 5.54 Å². The van der Waals surface area contributed by atoms with Crippen molar-refractivity contribution >= 4 is 24.3 Å². The molecule has 2 aromatic carbocycles. The highest BCUT2D eigenvalue weighted by Crippen LogP contribution is 2.40. The van der Waals surface area contributed by atoms with E-state index in [0.717, 1.165) is 48.1 Å². The minimum atomic E-state index is -0.562. The van der Waals surface area contributed by atoms with E-state index in [0.29, 0.717) is 6.54 Å². The van der Waals surface area contributed by atoms with Crippen LogP contribution in [-0.2, 0) is 20.6 Å². The molecule has 0 radical (unpaired) electrons. The van der Waals surface area contributed by atoms with E-state index in [1.54, 1.807) is 0 Å². The van der Waals surface area contributed by atoms with Crippen molar-refractivity contribution in [2.75, 3.05) is 0 Å². The number of benzene rings is 2. The molecule has 0 N–H and O–H groups in total. The molecule has 1 saturated carbocycles. The minimum Gasteiger partial charge on any atom is -0.399 e. The molecule has 6 heteroatoms. The lowest BCUT2D eigenvalue weighted by molar-refractivity contribution is -0.131. The second-order valence-corrected chi connectivity index (χ2v) is 10.3. The van der Waals surface area contributed by atoms with Crippen LogP contribution in [0, 0.1) is 0 Å². The van der Waals surface area contributed by atoms with Crippen LogP contribution in [0.25, 0.3) is 0 Å². The maximum atomic E-state index is 13.5. The summed E-state index contributed by atoms with van der Waals surface area (Å²) in [6.45, 7) is 8.75. The highest BCUT2D eigenvalue weighted by molar-refractivity contribution is 6.62. The molecule has 0 unspecified atom stereocenters. The quantitative estimate of drug-likeness (QED) is 0.687. The first-order valence-corrected chi connectivity index (χ1v) is 11.6. The van der Waals surface area contributed by atoms with Crippen LogP contribution in [0.2, 0.25) is 0 Å². The van der Waals surface area contributed by atoms with Gasteiger partial charge in [-0.05, 0) is 51.6 Å². The van der Waals surface area contributed by atoms with Gasteiger partial charge in [0.2, 0.25) is 0 Å². The summed E-state index contributed by atoms with van der Waals surface area (Å²) in [5.74, 6) is 0.941. The number of carbonyl (C=O) groups is 1. The fourth-order valence-corrected chi connectivity index (χ4v) is 4.84. The van der Waals surface area contributed by atoms with Gasteiger partial charge in [-0.1, -0.05) is 67.4 Å². The van der Waals surface area contributed by atoms with E-state index in [-0.39, 0.29) is 24.2 Å². The number of rotatable bonds is 4. The van der Waals surface area contributed by atoms with E-state index in [1.807, 2.05) is 47.4 Å². The smallest absolute Gasteiger partial charge is 0.399 e. The highest BCUT2D eigenvalue weighted by Gasteiger charge is 2.52. The lowest BCUT2D eigenvalue weighted by Crippen LogP contribution is -2.41. The molecule has 5 rings (SSSR count). The van der Waals surface area contributed by atoms with E-state index in [9.17, 15) is 4.79 Å². The number of carbonyl (C=O) groups excluding carboxylic acids is 1. The monoisotopic (exact) mass is 430 g/mol. The van der Waals surface area contributed by atoms with Crippen LogP contribution in [-0.4, -0.2) is 40.5 Å². The van der Waals surface area contributed by atoms with Gasteiger partial charge in [-0.2, -0.15) is 0 Å². The van der Waals surface area contributed by atoms with Crippen LogP contribution in [0.4, 0.5) is 0 Å². The van der Waals surface area contributed by atoms with Crippen LogP contribution < -0.4 is 5.46 Å². The normalized spacial score (nSPS) is 23.2. The average Bonchev–Trinajstić information content (AvgIpc) is 3.41. The molecule has 0 aromatic heterocycles. The van der Waals surface area contributed by atoms with E-state index in [1.165, 1.54) is 0 Å². The van der Waals surface area contributed by atoms with Crippen molar-refractivity contribution in [3.63, 3.8) is 0 Å². The third kappa shape index (κ3) is 3.50. The number of hydrogen-bond donors (Lipinski definition) is 0. The van der Waals surface area contributed by atoms with Gasteiger partial charge < -0.3 is 9.31 Å². The predicted octanol–water partition coefficient (Wildman–Crippen LogP) is 4.09. The van der Waals surface area contributed by atoms with Crippen molar-refractivity contribution in [1.29, 1.82) is 0 Å². The summed E-state index contributed by atoms with van der Waals surface area (Å²) in [6, 6.07) is 18.3. The van der Waals surface area contributed by atoms with Gasteiger partial charge in [0.1, 0.15) is 11.4 Å². The Morgan fingerprint density at radius 2 is 1.50 bits per heavy atom. The molecule has 32 heavy (non-hydrogen) atoms. The topological polar surface area (TPSA) is 51.1 Å². The lowest BCUT2D eigenvalue weighted by atomic mass is 9.79. The zero-order valence-corrected chi connectivity index (χ0v) is 19.4. The molecule has 2 heterocycles. The van der Waals surface area contributed by atoms with E-state index in [4.69, 9.17) is 14.3 Å². The molecule has 2 fully saturated rings. The van der Waals surface area contributed by atoms with Crippen molar-refractivity contribution in [1.82, 2.24) is 4.90 Å². The van der Waals surface area contributed by atoms with Crippen molar-refractivity contribution in [2.24, 2.45) is 4.99 Å². The van der Waals surface area contributed by atoms with Gasteiger partial charge in [-0.25, -0.2) is 0 Å². The van der Waals surface area contributed by atoms with Crippen LogP contribution in [0.5, 0.6) is 0 Å². The Morgan fingerprint density at radius 3 is 2.09 bits per heavy atom. The van der Waals surface area contributed by atoms with Gasteiger partial charge in [0.25, 0.3) is 5.91 Å². The molecule has 0 bridgehead atoms. The van der Waals surface area contributed by atoms with Gasteiger partial charge >= 0.3 is 7.12 Å². The van der Waals surface area contributed by atoms with Crippen molar-refractivity contribution in [3.05, 3.63) is 65.7 Å². The minimum absolute atomic E-state index is 0.142. The first kappa shape index (κ1) is 21.4. The Labute approximate surface area is 191 Å². The molecule has 0 atom stereocenters. The fourth-order valence-electron chi connectivity index (χ4n) is 4.84. The van der Waals surface area contributed by atoms with Gasteiger partial charge in [0.05, 0.1) is 17.7 Å². The summed E-state index contributed by atoms with van der Waals surface area (Å²) in [6.07, 6.45) is 3.82. The van der Waals surface area contributed by atoms with Gasteiger partial charge in [0, 0.05) is 5.56 Å². The zero-order valence-electron chi connectivity index (χ0n) is 19.4. The van der Waals surface area contributed by atoms with Crippen molar-refractivity contribution in [2.45, 2.75) is 76.7 Å². The maximum absolute atomic E-state index is 13.5. The summed E-state index contributed by atoms with van der Waals surface area (Å²) in [5.41, 5.74) is 1.76. The standard InChI is InChI=1S/C26H31BN2O3/c1-24(2)25(3,4)32-27(31-24)21-14-12-19(13-15-21)18-29-22(20-10-6-5-7-11-20)28-26(23(29)30)16-8-9-17-26/h5-7,10-15H,8-9,16-18H2,1-4H3. The predicted molar refractivity (Wildman–Crippen MR) is 127 cm³/mol. The molecular weight excluding hydrogens is 399 g/mol. The van der Waals surface area contributed by atoms with Crippen LogP contribution in [0.3, 0.4) is 0 Å². The third-order valence-corrected chi connectivity index (χ3v) is 7.53. The molecule has 2 aromatic rings. The SMILES string of the molecule is CC1(C)OB(c2ccc(CN3C(=O)C4(CCCC4)N=C3c3ccccc3)cc2)OC1(C)C. The summed E-state index contributed by atoms with van der Waals surface area (Å²) < 4.78 is 12.3. The Kier molecular flexibility index (Phi) is 5.06. The van der Waals surface area contributed by atoms with Crippen LogP contribution in [0.1, 0.15) is 64.5 Å². The van der Waals surface area contributed by atoms with Crippen LogP contribution in [0.15, 0.2) is 59.6 Å². The maximum Gasteiger partial charge on any atom is 0.494 e. The summed E-state index contributed by atoms with van der Waals surface area (Å²) in [7, 11) is -0.384. The Morgan fingerprint density at radius 1 is 0.906 bits per heavy atom. The second-order valence-electron chi connectivity index (χ2n) is 10.3. The lowest BCUT2D eigenvalue weighted by Gasteiger charge is -2.32. The van der Waals surface area contributed by atoms with Gasteiger partial charge in [-0.3, -0.25) is 14.7 Å². The molecule has 1 aliphatic carbocycles. The number of nitrogens with zero attached hydrogens (tertiary/aromatic N) is 2. The molecule has 3 aliphatic rings. The average molecular weight is 430 g/mol. The Balaban J connectivity index is 1.38. The first-order chi connectivity index (χ1) is 15.2. The molecule has 166 valence electrons. The molecule has 2 aliphatic heterocycles. The molecule has 1 saturated heterocycles. The van der Waals surface area contributed by atoms with Crippen LogP contribution >= 0.6 is 0 Å². The zero-order chi connectivity index (χ0) is 22.6. The summed E-state index contributed by atoms with van der Waals surface area (Å²) >= 11 is 0. The molecular formula is C26H31BN2O3. The van der Waals surface area contributed by atoms with Crippen molar-refractivity contribution < 1.29 is 14.1 Å². The van der Waals surface area contributed by atoms with E-state index >= 15 is 0 Å². The number of amidine groups is 1. The highest BCUT2D eigenvalue weighted by atomic mass is 16.7. The second kappa shape index (κ2) is 7.56. The fraction of sp³-hybridized carbons (Fsp3) is 0.462. The van der Waals surface area contributed by atoms with E-state index in [2.05, 4.69) is 39.8 Å². The number of aliphatic imine (C=N–C) groups is 1. The summed E-state index contributed by atoms with van der Waals surface area (Å²) in [5, 5.41) is 0. The molecule has 1 amide bonds. The number of amides is 1. The largest absolute Gasteiger partial charge is 0.494 e. The first-order valence-electron chi connectivity index (χ1n) is 11.6. The Bertz CT molecular complexity index is 1020.